The summed E-state index contributed by atoms with van der Waals surface area (Å²) < 4.78 is 5.79. The van der Waals surface area contributed by atoms with Gasteiger partial charge in [-0.15, -0.1) is 0 Å². The highest BCUT2D eigenvalue weighted by Crippen LogP contribution is 2.19. The minimum Gasteiger partial charge on any atom is -0.494 e. The lowest BCUT2D eigenvalue weighted by atomic mass is 10.0. The van der Waals surface area contributed by atoms with Gasteiger partial charge < -0.3 is 15.0 Å². The minimum absolute atomic E-state index is 0.0328. The fraction of sp³-hybridized carbons (Fsp3) is 0.355. The van der Waals surface area contributed by atoms with Gasteiger partial charge >= 0.3 is 0 Å². The van der Waals surface area contributed by atoms with Gasteiger partial charge in [-0.05, 0) is 55.5 Å². The van der Waals surface area contributed by atoms with E-state index in [2.05, 4.69) is 5.32 Å². The quantitative estimate of drug-likeness (QED) is 0.315. The second-order valence-corrected chi connectivity index (χ2v) is 9.24. The van der Waals surface area contributed by atoms with Gasteiger partial charge in [-0.3, -0.25) is 9.59 Å². The van der Waals surface area contributed by atoms with E-state index < -0.39 is 6.04 Å². The van der Waals surface area contributed by atoms with Crippen molar-refractivity contribution < 1.29 is 14.3 Å². The largest absolute Gasteiger partial charge is 0.494 e. The fourth-order valence-corrected chi connectivity index (χ4v) is 4.04. The third kappa shape index (κ3) is 8.26. The molecule has 0 saturated carbocycles. The first-order valence-electron chi connectivity index (χ1n) is 12.8. The number of rotatable bonds is 13. The molecule has 5 heteroatoms. The second kappa shape index (κ2) is 14.1. The summed E-state index contributed by atoms with van der Waals surface area (Å²) in [6, 6.07) is 27.0. The fourth-order valence-electron chi connectivity index (χ4n) is 4.04. The lowest BCUT2D eigenvalue weighted by Crippen LogP contribution is -2.52. The molecule has 5 nitrogen and oxygen atoms in total. The van der Waals surface area contributed by atoms with Crippen LogP contribution in [-0.4, -0.2) is 35.4 Å². The summed E-state index contributed by atoms with van der Waals surface area (Å²) in [5.41, 5.74) is 3.17. The number of nitrogens with zero attached hydrogens (tertiary/aromatic N) is 1. The molecule has 190 valence electrons. The smallest absolute Gasteiger partial charge is 0.243 e. The topological polar surface area (TPSA) is 58.6 Å². The number of benzene rings is 3. The average molecular weight is 487 g/mol. The molecule has 0 saturated heterocycles. The van der Waals surface area contributed by atoms with Crippen LogP contribution in [0.5, 0.6) is 5.75 Å². The van der Waals surface area contributed by atoms with Crippen molar-refractivity contribution in [2.24, 2.45) is 0 Å². The molecule has 2 atom stereocenters. The molecule has 1 N–H and O–H groups in total. The maximum Gasteiger partial charge on any atom is 0.243 e. The molecule has 0 aliphatic carbocycles. The third-order valence-electron chi connectivity index (χ3n) is 6.42. The van der Waals surface area contributed by atoms with Gasteiger partial charge in [0, 0.05) is 25.4 Å². The van der Waals surface area contributed by atoms with E-state index in [0.29, 0.717) is 32.4 Å². The third-order valence-corrected chi connectivity index (χ3v) is 6.42. The molecule has 0 aliphatic rings. The van der Waals surface area contributed by atoms with Crippen molar-refractivity contribution in [2.45, 2.75) is 65.1 Å². The van der Waals surface area contributed by atoms with Crippen LogP contribution in [0.1, 0.15) is 49.8 Å². The Bertz CT molecular complexity index is 1090. The van der Waals surface area contributed by atoms with Crippen molar-refractivity contribution in [1.29, 1.82) is 0 Å². The summed E-state index contributed by atoms with van der Waals surface area (Å²) in [5, 5.41) is 3.12. The molecule has 2 amide bonds. The predicted octanol–water partition coefficient (Wildman–Crippen LogP) is 5.71. The zero-order valence-corrected chi connectivity index (χ0v) is 21.7. The molecule has 0 bridgehead atoms. The maximum atomic E-state index is 13.7. The Kier molecular flexibility index (Phi) is 10.6. The number of para-hydroxylation sites is 1. The molecule has 3 aromatic carbocycles. The summed E-state index contributed by atoms with van der Waals surface area (Å²) in [6.07, 6.45) is 2.16. The van der Waals surface area contributed by atoms with Crippen LogP contribution in [0.25, 0.3) is 0 Å². The number of amides is 2. The number of aryl methyl sites for hydroxylation is 1. The molecule has 0 aromatic heterocycles. The summed E-state index contributed by atoms with van der Waals surface area (Å²) in [4.78, 5) is 28.9. The summed E-state index contributed by atoms with van der Waals surface area (Å²) in [6.45, 7) is 6.90. The Morgan fingerprint density at radius 1 is 0.917 bits per heavy atom. The van der Waals surface area contributed by atoms with Crippen molar-refractivity contribution >= 4 is 11.8 Å². The number of carbonyl (C=O) groups excluding carboxylic acids is 2. The number of hydrogen-bond acceptors (Lipinski definition) is 3. The monoisotopic (exact) mass is 486 g/mol. The highest BCUT2D eigenvalue weighted by Gasteiger charge is 2.31. The van der Waals surface area contributed by atoms with Gasteiger partial charge in [0.05, 0.1) is 6.61 Å². The van der Waals surface area contributed by atoms with Crippen molar-refractivity contribution in [3.05, 3.63) is 102 Å². The van der Waals surface area contributed by atoms with Crippen LogP contribution < -0.4 is 10.1 Å². The van der Waals surface area contributed by atoms with Gasteiger partial charge in [0.15, 0.2) is 0 Å². The summed E-state index contributed by atoms with van der Waals surface area (Å²) in [5.74, 6) is 0.627. The van der Waals surface area contributed by atoms with E-state index in [9.17, 15) is 9.59 Å². The average Bonchev–Trinajstić information content (AvgIpc) is 2.90. The number of ether oxygens (including phenoxy) is 1. The SMILES string of the molecule is CC[C@@H](C)NC(=O)[C@@H](Cc1ccccc1)N(Cc1ccccc1C)C(=O)CCCOc1ccccc1. The van der Waals surface area contributed by atoms with Crippen molar-refractivity contribution in [3.8, 4) is 5.75 Å². The Hall–Kier alpha value is -3.60. The molecule has 0 radical (unpaired) electrons. The van der Waals surface area contributed by atoms with Crippen LogP contribution >= 0.6 is 0 Å². The normalized spacial score (nSPS) is 12.4. The van der Waals surface area contributed by atoms with Gasteiger partial charge in [-0.1, -0.05) is 79.7 Å². The molecule has 0 spiro atoms. The minimum atomic E-state index is -0.608. The van der Waals surface area contributed by atoms with Crippen LogP contribution in [-0.2, 0) is 22.6 Å². The van der Waals surface area contributed by atoms with Gasteiger partial charge in [-0.2, -0.15) is 0 Å². The highest BCUT2D eigenvalue weighted by atomic mass is 16.5. The summed E-state index contributed by atoms with van der Waals surface area (Å²) >= 11 is 0. The highest BCUT2D eigenvalue weighted by molar-refractivity contribution is 5.88. The van der Waals surface area contributed by atoms with E-state index in [4.69, 9.17) is 4.74 Å². The van der Waals surface area contributed by atoms with E-state index in [1.165, 1.54) is 0 Å². The molecule has 0 unspecified atom stereocenters. The predicted molar refractivity (Wildman–Crippen MR) is 145 cm³/mol. The molecule has 36 heavy (non-hydrogen) atoms. The Balaban J connectivity index is 1.81. The molecule has 0 aliphatic heterocycles. The van der Waals surface area contributed by atoms with Crippen LogP contribution in [0.2, 0.25) is 0 Å². The first-order valence-corrected chi connectivity index (χ1v) is 12.8. The Morgan fingerprint density at radius 2 is 1.56 bits per heavy atom. The molecular weight excluding hydrogens is 448 g/mol. The van der Waals surface area contributed by atoms with E-state index in [1.807, 2.05) is 106 Å². The van der Waals surface area contributed by atoms with E-state index >= 15 is 0 Å². The zero-order valence-electron chi connectivity index (χ0n) is 21.7. The van der Waals surface area contributed by atoms with Crippen molar-refractivity contribution in [1.82, 2.24) is 10.2 Å². The van der Waals surface area contributed by atoms with Gasteiger partial charge in [0.1, 0.15) is 11.8 Å². The molecule has 3 rings (SSSR count). The number of nitrogens with one attached hydrogen (secondary N) is 1. The molecule has 0 heterocycles. The lowest BCUT2D eigenvalue weighted by molar-refractivity contribution is -0.141. The van der Waals surface area contributed by atoms with Gasteiger partial charge in [0.25, 0.3) is 0 Å². The lowest BCUT2D eigenvalue weighted by Gasteiger charge is -2.33. The van der Waals surface area contributed by atoms with E-state index in [0.717, 1.165) is 28.9 Å². The van der Waals surface area contributed by atoms with Crippen LogP contribution in [0.3, 0.4) is 0 Å². The maximum absolute atomic E-state index is 13.7. The molecule has 3 aromatic rings. The van der Waals surface area contributed by atoms with Gasteiger partial charge in [0.2, 0.25) is 11.8 Å². The first kappa shape index (κ1) is 27.0. The Morgan fingerprint density at radius 3 is 2.22 bits per heavy atom. The van der Waals surface area contributed by atoms with Crippen LogP contribution in [0, 0.1) is 6.92 Å². The van der Waals surface area contributed by atoms with Gasteiger partial charge in [-0.25, -0.2) is 0 Å². The van der Waals surface area contributed by atoms with Crippen molar-refractivity contribution in [3.63, 3.8) is 0 Å². The van der Waals surface area contributed by atoms with E-state index in [1.54, 1.807) is 4.90 Å². The van der Waals surface area contributed by atoms with Crippen molar-refractivity contribution in [2.75, 3.05) is 6.61 Å². The standard InChI is InChI=1S/C31H38N2O3/c1-4-25(3)32-31(35)29(22-26-15-7-5-8-16-26)33(23-27-17-12-11-14-24(27)2)30(34)20-13-21-36-28-18-9-6-10-19-28/h5-12,14-19,25,29H,4,13,20-23H2,1-3H3,(H,32,35)/t25-,29-/m1/s1. The second-order valence-electron chi connectivity index (χ2n) is 9.24. The number of hydrogen-bond donors (Lipinski definition) is 1. The van der Waals surface area contributed by atoms with Crippen LogP contribution in [0.15, 0.2) is 84.9 Å². The zero-order chi connectivity index (χ0) is 25.8. The molecule has 0 fully saturated rings. The summed E-state index contributed by atoms with van der Waals surface area (Å²) in [7, 11) is 0. The Labute approximate surface area is 215 Å². The first-order chi connectivity index (χ1) is 17.5. The molecular formula is C31H38N2O3. The van der Waals surface area contributed by atoms with Crippen LogP contribution in [0.4, 0.5) is 0 Å². The number of carbonyl (C=O) groups is 2. The van der Waals surface area contributed by atoms with E-state index in [-0.39, 0.29) is 17.9 Å².